The summed E-state index contributed by atoms with van der Waals surface area (Å²) >= 11 is 0. The minimum atomic E-state index is 0.0399. The minimum Gasteiger partial charge on any atom is -0.378 e. The summed E-state index contributed by atoms with van der Waals surface area (Å²) in [5.74, 6) is 0. The van der Waals surface area contributed by atoms with Gasteiger partial charge in [0.1, 0.15) is 5.60 Å². The Morgan fingerprint density at radius 3 is 2.90 bits per heavy atom. The smallest absolute Gasteiger partial charge is 0.106 e. The number of morpholine rings is 1. The lowest BCUT2D eigenvalue weighted by Crippen LogP contribution is -2.50. The fraction of sp³-hybridized carbons (Fsp3) is 1.00. The molecule has 0 aromatic rings. The molecule has 2 rings (SSSR count). The molecule has 3 nitrogen and oxygen atoms in total. The van der Waals surface area contributed by atoms with Crippen LogP contribution in [0, 0.1) is 0 Å². The van der Waals surface area contributed by atoms with Gasteiger partial charge in [-0.05, 0) is 0 Å². The molecule has 2 aliphatic rings. The van der Waals surface area contributed by atoms with Crippen LogP contribution < -0.4 is 5.32 Å². The third-order valence-electron chi connectivity index (χ3n) is 2.20. The van der Waals surface area contributed by atoms with Crippen molar-refractivity contribution in [1.82, 2.24) is 5.32 Å². The fourth-order valence-corrected chi connectivity index (χ4v) is 1.55. The van der Waals surface area contributed by atoms with E-state index in [1.165, 1.54) is 0 Å². The summed E-state index contributed by atoms with van der Waals surface area (Å²) in [6.07, 6.45) is 1.06. The molecule has 0 saturated carbocycles. The van der Waals surface area contributed by atoms with Gasteiger partial charge in [-0.2, -0.15) is 0 Å². The highest BCUT2D eigenvalue weighted by molar-refractivity contribution is 4.89. The van der Waals surface area contributed by atoms with Crippen LogP contribution in [0.3, 0.4) is 0 Å². The van der Waals surface area contributed by atoms with Gasteiger partial charge < -0.3 is 14.8 Å². The van der Waals surface area contributed by atoms with E-state index in [1.54, 1.807) is 0 Å². The predicted molar refractivity (Wildman–Crippen MR) is 37.0 cm³/mol. The van der Waals surface area contributed by atoms with Crippen molar-refractivity contribution < 1.29 is 9.47 Å². The number of nitrogens with one attached hydrogen (secondary N) is 1. The summed E-state index contributed by atoms with van der Waals surface area (Å²) < 4.78 is 10.9. The lowest BCUT2D eigenvalue weighted by molar-refractivity contribution is -0.0674. The van der Waals surface area contributed by atoms with Gasteiger partial charge in [0.15, 0.2) is 0 Å². The second-order valence-corrected chi connectivity index (χ2v) is 3.01. The van der Waals surface area contributed by atoms with Crippen LogP contribution >= 0.6 is 0 Å². The molecule has 0 radical (unpaired) electrons. The summed E-state index contributed by atoms with van der Waals surface area (Å²) in [5, 5.41) is 3.31. The fourth-order valence-electron chi connectivity index (χ4n) is 1.55. The van der Waals surface area contributed by atoms with E-state index in [0.29, 0.717) is 0 Å². The number of hydrogen-bond donors (Lipinski definition) is 1. The molecule has 1 N–H and O–H groups in total. The van der Waals surface area contributed by atoms with Crippen LogP contribution in [0.2, 0.25) is 0 Å². The van der Waals surface area contributed by atoms with Gasteiger partial charge in [0.25, 0.3) is 0 Å². The minimum absolute atomic E-state index is 0.0399. The van der Waals surface area contributed by atoms with E-state index in [1.807, 2.05) is 0 Å². The van der Waals surface area contributed by atoms with Crippen LogP contribution in [0.1, 0.15) is 6.42 Å². The topological polar surface area (TPSA) is 30.5 Å². The molecule has 2 fully saturated rings. The molecule has 0 bridgehead atoms. The number of hydrogen-bond acceptors (Lipinski definition) is 3. The molecule has 58 valence electrons. The second kappa shape index (κ2) is 2.49. The quantitative estimate of drug-likeness (QED) is 0.508. The van der Waals surface area contributed by atoms with Gasteiger partial charge in [-0.3, -0.25) is 0 Å². The first kappa shape index (κ1) is 6.58. The highest BCUT2D eigenvalue weighted by Crippen LogP contribution is 2.23. The third-order valence-corrected chi connectivity index (χ3v) is 2.20. The Hall–Kier alpha value is -0.120. The van der Waals surface area contributed by atoms with Gasteiger partial charge in [-0.25, -0.2) is 0 Å². The average Bonchev–Trinajstić information content (AvgIpc) is 2.39. The summed E-state index contributed by atoms with van der Waals surface area (Å²) in [5.41, 5.74) is 0.0399. The molecule has 2 saturated heterocycles. The van der Waals surface area contributed by atoms with Crippen LogP contribution in [-0.2, 0) is 9.47 Å². The zero-order valence-corrected chi connectivity index (χ0v) is 6.06. The number of rotatable bonds is 0. The van der Waals surface area contributed by atoms with Crippen LogP contribution in [0.25, 0.3) is 0 Å². The molecule has 1 spiro atoms. The van der Waals surface area contributed by atoms with E-state index >= 15 is 0 Å². The largest absolute Gasteiger partial charge is 0.378 e. The third kappa shape index (κ3) is 1.05. The first-order chi connectivity index (χ1) is 4.91. The lowest BCUT2D eigenvalue weighted by Gasteiger charge is -2.32. The first-order valence-electron chi connectivity index (χ1n) is 3.84. The zero-order chi connectivity index (χ0) is 6.86. The Labute approximate surface area is 60.7 Å². The summed E-state index contributed by atoms with van der Waals surface area (Å²) in [4.78, 5) is 0. The molecule has 0 unspecified atom stereocenters. The van der Waals surface area contributed by atoms with E-state index in [9.17, 15) is 0 Å². The van der Waals surface area contributed by atoms with Crippen molar-refractivity contribution in [3.05, 3.63) is 0 Å². The van der Waals surface area contributed by atoms with Crippen molar-refractivity contribution in [3.63, 3.8) is 0 Å². The standard InChI is InChI=1S/C7H13NO2/c1-3-9-6-7(1)5-8-2-4-10-7/h8H,1-6H2/t7-/m0/s1. The van der Waals surface area contributed by atoms with Gasteiger partial charge >= 0.3 is 0 Å². The monoisotopic (exact) mass is 143 g/mol. The normalized spacial score (nSPS) is 40.8. The molecule has 10 heavy (non-hydrogen) atoms. The molecule has 2 heterocycles. The van der Waals surface area contributed by atoms with Crippen molar-refractivity contribution in [2.24, 2.45) is 0 Å². The molecular formula is C7H13NO2. The molecule has 1 atom stereocenters. The van der Waals surface area contributed by atoms with E-state index < -0.39 is 0 Å². The second-order valence-electron chi connectivity index (χ2n) is 3.01. The van der Waals surface area contributed by atoms with E-state index in [-0.39, 0.29) is 5.60 Å². The van der Waals surface area contributed by atoms with E-state index in [0.717, 1.165) is 39.3 Å². The SMILES string of the molecule is C1CO[C@@]2(CCOC2)CN1. The maximum absolute atomic E-state index is 5.64. The van der Waals surface area contributed by atoms with E-state index in [4.69, 9.17) is 9.47 Å². The molecule has 0 aromatic carbocycles. The number of ether oxygens (including phenoxy) is 2. The molecular weight excluding hydrogens is 130 g/mol. The van der Waals surface area contributed by atoms with Crippen LogP contribution in [0.4, 0.5) is 0 Å². The van der Waals surface area contributed by atoms with E-state index in [2.05, 4.69) is 5.32 Å². The van der Waals surface area contributed by atoms with Gasteiger partial charge in [0.2, 0.25) is 0 Å². The van der Waals surface area contributed by atoms with Crippen LogP contribution in [0.15, 0.2) is 0 Å². The highest BCUT2D eigenvalue weighted by Gasteiger charge is 2.37. The Bertz CT molecular complexity index is 113. The molecule has 0 aliphatic carbocycles. The van der Waals surface area contributed by atoms with Gasteiger partial charge in [0.05, 0.1) is 13.2 Å². The predicted octanol–water partition coefficient (Wildman–Crippen LogP) is -0.235. The summed E-state index contributed by atoms with van der Waals surface area (Å²) in [6.45, 7) is 4.43. The van der Waals surface area contributed by atoms with Gasteiger partial charge in [-0.1, -0.05) is 0 Å². The highest BCUT2D eigenvalue weighted by atomic mass is 16.6. The average molecular weight is 143 g/mol. The van der Waals surface area contributed by atoms with Crippen LogP contribution in [0.5, 0.6) is 0 Å². The Balaban J connectivity index is 1.98. The van der Waals surface area contributed by atoms with Crippen molar-refractivity contribution in [1.29, 1.82) is 0 Å². The zero-order valence-electron chi connectivity index (χ0n) is 6.06. The lowest BCUT2D eigenvalue weighted by atomic mass is 10.0. The molecule has 0 amide bonds. The van der Waals surface area contributed by atoms with Gasteiger partial charge in [-0.15, -0.1) is 0 Å². The van der Waals surface area contributed by atoms with Crippen molar-refractivity contribution >= 4 is 0 Å². The Morgan fingerprint density at radius 1 is 1.30 bits per heavy atom. The van der Waals surface area contributed by atoms with Gasteiger partial charge in [0, 0.05) is 26.1 Å². The van der Waals surface area contributed by atoms with Crippen molar-refractivity contribution in [2.75, 3.05) is 32.9 Å². The Morgan fingerprint density at radius 2 is 2.30 bits per heavy atom. The van der Waals surface area contributed by atoms with Crippen molar-refractivity contribution in [2.45, 2.75) is 12.0 Å². The summed E-state index contributed by atoms with van der Waals surface area (Å²) in [6, 6.07) is 0. The first-order valence-corrected chi connectivity index (χ1v) is 3.84. The van der Waals surface area contributed by atoms with Crippen LogP contribution in [-0.4, -0.2) is 38.5 Å². The summed E-state index contributed by atoms with van der Waals surface area (Å²) in [7, 11) is 0. The molecule has 3 heteroatoms. The maximum atomic E-state index is 5.64. The molecule has 2 aliphatic heterocycles. The maximum Gasteiger partial charge on any atom is 0.106 e. The Kier molecular flexibility index (Phi) is 1.64. The van der Waals surface area contributed by atoms with Crippen molar-refractivity contribution in [3.8, 4) is 0 Å². The molecule has 0 aromatic heterocycles.